The van der Waals surface area contributed by atoms with Gasteiger partial charge in [-0.1, -0.05) is 30.0 Å². The van der Waals surface area contributed by atoms with E-state index in [1.165, 1.54) is 0 Å². The topological polar surface area (TPSA) is 64.8 Å². The normalized spacial score (nSPS) is 13.8. The summed E-state index contributed by atoms with van der Waals surface area (Å²) in [6.07, 6.45) is 1.84. The minimum absolute atomic E-state index is 0.411. The maximum absolute atomic E-state index is 9.15. The molecule has 0 aliphatic carbocycles. The predicted molar refractivity (Wildman–Crippen MR) is 81.9 cm³/mol. The SMILES string of the molecule is CCNC(C)(C#N)CCCSc1nnc(N(C)C)s1. The Morgan fingerprint density at radius 1 is 1.47 bits per heavy atom. The van der Waals surface area contributed by atoms with E-state index in [4.69, 9.17) is 5.26 Å². The minimum atomic E-state index is -0.411. The van der Waals surface area contributed by atoms with E-state index in [9.17, 15) is 0 Å². The van der Waals surface area contributed by atoms with Crippen molar-refractivity contribution in [1.29, 1.82) is 5.26 Å². The molecule has 0 bridgehead atoms. The number of nitriles is 1. The van der Waals surface area contributed by atoms with Crippen LogP contribution in [0.5, 0.6) is 0 Å². The van der Waals surface area contributed by atoms with Gasteiger partial charge in [-0.2, -0.15) is 5.26 Å². The highest BCUT2D eigenvalue weighted by Gasteiger charge is 2.21. The third kappa shape index (κ3) is 5.35. The van der Waals surface area contributed by atoms with E-state index in [0.29, 0.717) is 0 Å². The smallest absolute Gasteiger partial charge is 0.208 e. The van der Waals surface area contributed by atoms with Crippen LogP contribution in [0.2, 0.25) is 0 Å². The molecular formula is C12H21N5S2. The van der Waals surface area contributed by atoms with Gasteiger partial charge in [-0.3, -0.25) is 5.32 Å². The van der Waals surface area contributed by atoms with Gasteiger partial charge in [0.25, 0.3) is 0 Å². The van der Waals surface area contributed by atoms with E-state index in [-0.39, 0.29) is 0 Å². The van der Waals surface area contributed by atoms with Gasteiger partial charge in [-0.15, -0.1) is 10.2 Å². The average molecular weight is 299 g/mol. The molecule has 1 unspecified atom stereocenters. The molecule has 19 heavy (non-hydrogen) atoms. The number of thioether (sulfide) groups is 1. The van der Waals surface area contributed by atoms with E-state index in [1.54, 1.807) is 23.1 Å². The van der Waals surface area contributed by atoms with Crippen LogP contribution in [-0.2, 0) is 0 Å². The Hall–Kier alpha value is -0.840. The monoisotopic (exact) mass is 299 g/mol. The number of hydrogen-bond donors (Lipinski definition) is 1. The summed E-state index contributed by atoms with van der Waals surface area (Å²) < 4.78 is 0.991. The largest absolute Gasteiger partial charge is 0.353 e. The van der Waals surface area contributed by atoms with Crippen molar-refractivity contribution in [3.8, 4) is 6.07 Å². The van der Waals surface area contributed by atoms with Gasteiger partial charge in [0.15, 0.2) is 4.34 Å². The lowest BCUT2D eigenvalue weighted by molar-refractivity contribution is 0.426. The molecule has 1 atom stereocenters. The first kappa shape index (κ1) is 16.2. The summed E-state index contributed by atoms with van der Waals surface area (Å²) in [6, 6.07) is 2.34. The van der Waals surface area contributed by atoms with Crippen molar-refractivity contribution < 1.29 is 0 Å². The van der Waals surface area contributed by atoms with Crippen molar-refractivity contribution in [3.05, 3.63) is 0 Å². The summed E-state index contributed by atoms with van der Waals surface area (Å²) in [5.74, 6) is 0.963. The van der Waals surface area contributed by atoms with Gasteiger partial charge >= 0.3 is 0 Å². The quantitative estimate of drug-likeness (QED) is 0.587. The summed E-state index contributed by atoms with van der Waals surface area (Å²) in [5.41, 5.74) is -0.411. The van der Waals surface area contributed by atoms with Crippen LogP contribution in [-0.4, -0.2) is 42.1 Å². The van der Waals surface area contributed by atoms with Gasteiger partial charge in [0.1, 0.15) is 5.54 Å². The molecule has 0 spiro atoms. The Morgan fingerprint density at radius 3 is 2.74 bits per heavy atom. The van der Waals surface area contributed by atoms with E-state index < -0.39 is 5.54 Å². The fourth-order valence-electron chi connectivity index (χ4n) is 1.60. The second kappa shape index (κ2) is 7.68. The van der Waals surface area contributed by atoms with Gasteiger partial charge in [-0.25, -0.2) is 0 Å². The minimum Gasteiger partial charge on any atom is -0.353 e. The lowest BCUT2D eigenvalue weighted by Crippen LogP contribution is -2.40. The number of rotatable bonds is 8. The Labute approximate surface area is 123 Å². The number of hydrogen-bond acceptors (Lipinski definition) is 7. The molecule has 0 aromatic carbocycles. The van der Waals surface area contributed by atoms with E-state index >= 15 is 0 Å². The van der Waals surface area contributed by atoms with Crippen LogP contribution in [0.3, 0.4) is 0 Å². The van der Waals surface area contributed by atoms with Crippen LogP contribution in [0.15, 0.2) is 4.34 Å². The number of aromatic nitrogens is 2. The van der Waals surface area contributed by atoms with Crippen LogP contribution >= 0.6 is 23.1 Å². The van der Waals surface area contributed by atoms with Crippen LogP contribution in [0.25, 0.3) is 0 Å². The van der Waals surface area contributed by atoms with Gasteiger partial charge in [0.05, 0.1) is 6.07 Å². The van der Waals surface area contributed by atoms with Crippen molar-refractivity contribution >= 4 is 28.2 Å². The van der Waals surface area contributed by atoms with Gasteiger partial charge in [0, 0.05) is 19.8 Å². The molecule has 1 aromatic heterocycles. The number of anilines is 1. The third-order valence-corrected chi connectivity index (χ3v) is 4.95. The summed E-state index contributed by atoms with van der Waals surface area (Å²) in [5, 5.41) is 21.5. The molecule has 1 heterocycles. The third-order valence-electron chi connectivity index (χ3n) is 2.64. The Balaban J connectivity index is 2.32. The lowest BCUT2D eigenvalue weighted by Gasteiger charge is -2.21. The molecule has 0 aliphatic rings. The molecule has 1 aromatic rings. The van der Waals surface area contributed by atoms with Crippen molar-refractivity contribution in [2.45, 2.75) is 36.6 Å². The van der Waals surface area contributed by atoms with Crippen LogP contribution in [0, 0.1) is 11.3 Å². The second-order valence-corrected chi connectivity index (χ2v) is 6.97. The summed E-state index contributed by atoms with van der Waals surface area (Å²) >= 11 is 3.31. The fraction of sp³-hybridized carbons (Fsp3) is 0.750. The van der Waals surface area contributed by atoms with Crippen molar-refractivity contribution in [2.75, 3.05) is 31.3 Å². The van der Waals surface area contributed by atoms with Crippen molar-refractivity contribution in [3.63, 3.8) is 0 Å². The lowest BCUT2D eigenvalue weighted by atomic mass is 9.98. The van der Waals surface area contributed by atoms with Crippen molar-refractivity contribution in [2.24, 2.45) is 0 Å². The maximum Gasteiger partial charge on any atom is 0.208 e. The van der Waals surface area contributed by atoms with E-state index in [2.05, 4.69) is 21.6 Å². The zero-order valence-corrected chi connectivity index (χ0v) is 13.6. The predicted octanol–water partition coefficient (Wildman–Crippen LogP) is 2.37. The molecule has 0 saturated heterocycles. The van der Waals surface area contributed by atoms with Crippen LogP contribution in [0.4, 0.5) is 5.13 Å². The molecule has 1 rings (SSSR count). The molecule has 0 fully saturated rings. The Kier molecular flexibility index (Phi) is 6.55. The zero-order chi connectivity index (χ0) is 14.3. The summed E-state index contributed by atoms with van der Waals surface area (Å²) in [4.78, 5) is 1.96. The first-order valence-corrected chi connectivity index (χ1v) is 8.11. The molecule has 1 N–H and O–H groups in total. The number of nitrogens with one attached hydrogen (secondary N) is 1. The highest BCUT2D eigenvalue weighted by molar-refractivity contribution is 8.01. The molecule has 7 heteroatoms. The molecule has 0 amide bonds. The highest BCUT2D eigenvalue weighted by Crippen LogP contribution is 2.28. The van der Waals surface area contributed by atoms with Gasteiger partial charge in [-0.05, 0) is 26.3 Å². The molecule has 0 radical (unpaired) electrons. The molecular weight excluding hydrogens is 278 g/mol. The second-order valence-electron chi connectivity index (χ2n) is 4.67. The van der Waals surface area contributed by atoms with E-state index in [1.807, 2.05) is 32.8 Å². The highest BCUT2D eigenvalue weighted by atomic mass is 32.2. The number of nitrogens with zero attached hydrogens (tertiary/aromatic N) is 4. The molecule has 0 saturated carbocycles. The summed E-state index contributed by atoms with van der Waals surface area (Å²) in [7, 11) is 3.92. The maximum atomic E-state index is 9.15. The van der Waals surface area contributed by atoms with Crippen molar-refractivity contribution in [1.82, 2.24) is 15.5 Å². The van der Waals surface area contributed by atoms with Crippen LogP contribution in [0.1, 0.15) is 26.7 Å². The van der Waals surface area contributed by atoms with E-state index in [0.717, 1.165) is 34.6 Å². The first-order chi connectivity index (χ1) is 9.00. The van der Waals surface area contributed by atoms with Gasteiger partial charge in [0.2, 0.25) is 5.13 Å². The molecule has 106 valence electrons. The average Bonchev–Trinajstić information content (AvgIpc) is 2.84. The molecule has 5 nitrogen and oxygen atoms in total. The standard InChI is InChI=1S/C12H21N5S2/c1-5-14-12(2,9-13)7-6-8-18-11-16-15-10(19-11)17(3)4/h14H,5-8H2,1-4H3. The molecule has 0 aliphatic heterocycles. The van der Waals surface area contributed by atoms with Crippen LogP contribution < -0.4 is 10.2 Å². The Morgan fingerprint density at radius 2 is 2.21 bits per heavy atom. The van der Waals surface area contributed by atoms with Gasteiger partial charge < -0.3 is 4.90 Å². The summed E-state index contributed by atoms with van der Waals surface area (Å²) in [6.45, 7) is 4.80. The zero-order valence-electron chi connectivity index (χ0n) is 11.9. The first-order valence-electron chi connectivity index (χ1n) is 6.30. The Bertz CT molecular complexity index is 426. The fourth-order valence-corrected chi connectivity index (χ4v) is 3.37.